The van der Waals surface area contributed by atoms with Crippen molar-refractivity contribution in [3.8, 4) is 0 Å². The van der Waals surface area contributed by atoms with Crippen LogP contribution in [-0.4, -0.2) is 4.98 Å². The van der Waals surface area contributed by atoms with Crippen LogP contribution in [0.2, 0.25) is 0 Å². The van der Waals surface area contributed by atoms with Gasteiger partial charge in [0.25, 0.3) is 0 Å². The van der Waals surface area contributed by atoms with Crippen molar-refractivity contribution >= 4 is 16.6 Å². The summed E-state index contributed by atoms with van der Waals surface area (Å²) in [6.45, 7) is 4.28. The van der Waals surface area contributed by atoms with Crippen LogP contribution in [-0.2, 0) is 0 Å². The topological polar surface area (TPSA) is 50.9 Å². The lowest BCUT2D eigenvalue weighted by atomic mass is 9.99. The van der Waals surface area contributed by atoms with Gasteiger partial charge in [0.15, 0.2) is 0 Å². The lowest BCUT2D eigenvalue weighted by Crippen LogP contribution is -2.09. The highest BCUT2D eigenvalue weighted by Gasteiger charge is 2.20. The van der Waals surface area contributed by atoms with E-state index in [4.69, 9.17) is 10.8 Å². The van der Waals surface area contributed by atoms with Gasteiger partial charge in [-0.25, -0.2) is 0 Å². The number of pyridine rings is 1. The van der Waals surface area contributed by atoms with Gasteiger partial charge in [-0.1, -0.05) is 25.0 Å². The molecule has 1 aliphatic carbocycles. The molecule has 1 fully saturated rings. The zero-order chi connectivity index (χ0) is 13.4. The summed E-state index contributed by atoms with van der Waals surface area (Å²) < 4.78 is 0. The van der Waals surface area contributed by atoms with Gasteiger partial charge in [-0.3, -0.25) is 10.8 Å². The van der Waals surface area contributed by atoms with Crippen molar-refractivity contribution in [1.29, 1.82) is 0 Å². The Hall–Kier alpha value is -1.61. The number of hydrogen-bond acceptors (Lipinski definition) is 3. The molecular weight excluding hydrogens is 234 g/mol. The van der Waals surface area contributed by atoms with Gasteiger partial charge in [0.1, 0.15) is 0 Å². The molecule has 1 aromatic heterocycles. The minimum Gasteiger partial charge on any atom is -0.323 e. The molecule has 0 spiro atoms. The first-order valence-electron chi connectivity index (χ1n) is 7.08. The second kappa shape index (κ2) is 4.82. The molecule has 1 heterocycles. The molecule has 1 aliphatic rings. The predicted octanol–water partition coefficient (Wildman–Crippen LogP) is 3.79. The number of rotatable bonds is 2. The third kappa shape index (κ3) is 2.08. The molecule has 0 amide bonds. The Bertz CT molecular complexity index is 613. The van der Waals surface area contributed by atoms with Crippen molar-refractivity contribution in [2.24, 2.45) is 5.84 Å². The summed E-state index contributed by atoms with van der Waals surface area (Å²) in [5.74, 6) is 6.30. The number of aromatic nitrogens is 1. The van der Waals surface area contributed by atoms with Crippen LogP contribution in [0.25, 0.3) is 10.9 Å². The second-order valence-corrected chi connectivity index (χ2v) is 5.62. The molecule has 0 unspecified atom stereocenters. The number of nitrogens with one attached hydrogen (secondary N) is 1. The zero-order valence-electron chi connectivity index (χ0n) is 11.7. The summed E-state index contributed by atoms with van der Waals surface area (Å²) in [5.41, 5.74) is 8.67. The Morgan fingerprint density at radius 1 is 1.21 bits per heavy atom. The van der Waals surface area contributed by atoms with E-state index in [2.05, 4.69) is 37.5 Å². The molecule has 3 rings (SSSR count). The van der Waals surface area contributed by atoms with E-state index in [0.717, 1.165) is 16.6 Å². The predicted molar refractivity (Wildman–Crippen MR) is 80.2 cm³/mol. The Morgan fingerprint density at radius 2 is 1.95 bits per heavy atom. The Morgan fingerprint density at radius 3 is 2.63 bits per heavy atom. The quantitative estimate of drug-likeness (QED) is 0.634. The van der Waals surface area contributed by atoms with Crippen LogP contribution in [0.3, 0.4) is 0 Å². The third-order valence-corrected chi connectivity index (χ3v) is 4.45. The molecule has 0 radical (unpaired) electrons. The zero-order valence-corrected chi connectivity index (χ0v) is 11.7. The minimum atomic E-state index is 0.608. The molecule has 19 heavy (non-hydrogen) atoms. The van der Waals surface area contributed by atoms with Crippen LogP contribution < -0.4 is 11.3 Å². The smallest absolute Gasteiger partial charge is 0.0758 e. The van der Waals surface area contributed by atoms with Gasteiger partial charge in [0, 0.05) is 17.0 Å². The van der Waals surface area contributed by atoms with Crippen LogP contribution in [0, 0.1) is 13.8 Å². The number of nitrogen functional groups attached to an aromatic ring is 1. The van der Waals surface area contributed by atoms with Crippen molar-refractivity contribution in [1.82, 2.24) is 4.98 Å². The highest BCUT2D eigenvalue weighted by atomic mass is 15.2. The Balaban J connectivity index is 2.22. The lowest BCUT2D eigenvalue weighted by Gasteiger charge is -2.15. The standard InChI is InChI=1S/C16H21N3/c1-10-7-8-13-15(19-17)9-14(12-5-3-4-6-12)18-16(13)11(10)2/h7-9,12H,3-6,17H2,1-2H3,(H,18,19). The number of benzene rings is 1. The molecule has 0 saturated heterocycles. The van der Waals surface area contributed by atoms with Crippen molar-refractivity contribution in [2.45, 2.75) is 45.4 Å². The van der Waals surface area contributed by atoms with E-state index >= 15 is 0 Å². The molecule has 3 heteroatoms. The fourth-order valence-corrected chi connectivity index (χ4v) is 3.10. The second-order valence-electron chi connectivity index (χ2n) is 5.62. The van der Waals surface area contributed by atoms with Crippen LogP contribution in [0.5, 0.6) is 0 Å². The summed E-state index contributed by atoms with van der Waals surface area (Å²) in [6.07, 6.45) is 5.16. The summed E-state index contributed by atoms with van der Waals surface area (Å²) >= 11 is 0. The number of nitrogens with zero attached hydrogens (tertiary/aromatic N) is 1. The fraction of sp³-hybridized carbons (Fsp3) is 0.438. The summed E-state index contributed by atoms with van der Waals surface area (Å²) in [6, 6.07) is 6.38. The van der Waals surface area contributed by atoms with E-state index < -0.39 is 0 Å². The SMILES string of the molecule is Cc1ccc2c(NN)cc(C3CCCC3)nc2c1C. The van der Waals surface area contributed by atoms with Gasteiger partial charge in [-0.05, 0) is 43.9 Å². The summed E-state index contributed by atoms with van der Waals surface area (Å²) in [4.78, 5) is 4.93. The molecule has 0 atom stereocenters. The maximum absolute atomic E-state index is 5.69. The largest absolute Gasteiger partial charge is 0.323 e. The highest BCUT2D eigenvalue weighted by molar-refractivity contribution is 5.93. The molecule has 100 valence electrons. The van der Waals surface area contributed by atoms with Gasteiger partial charge in [0.2, 0.25) is 0 Å². The van der Waals surface area contributed by atoms with E-state index in [9.17, 15) is 0 Å². The normalized spacial score (nSPS) is 16.2. The first-order chi connectivity index (χ1) is 9.20. The minimum absolute atomic E-state index is 0.608. The fourth-order valence-electron chi connectivity index (χ4n) is 3.10. The van der Waals surface area contributed by atoms with Gasteiger partial charge < -0.3 is 5.43 Å². The van der Waals surface area contributed by atoms with Crippen LogP contribution in [0.15, 0.2) is 18.2 Å². The summed E-state index contributed by atoms with van der Waals surface area (Å²) in [5, 5.41) is 1.12. The third-order valence-electron chi connectivity index (χ3n) is 4.45. The van der Waals surface area contributed by atoms with Crippen LogP contribution in [0.4, 0.5) is 5.69 Å². The van der Waals surface area contributed by atoms with E-state index in [0.29, 0.717) is 5.92 Å². The van der Waals surface area contributed by atoms with Gasteiger partial charge in [-0.15, -0.1) is 0 Å². The van der Waals surface area contributed by atoms with Crippen LogP contribution in [0.1, 0.15) is 48.4 Å². The monoisotopic (exact) mass is 255 g/mol. The highest BCUT2D eigenvalue weighted by Crippen LogP contribution is 2.36. The maximum atomic E-state index is 5.69. The van der Waals surface area contributed by atoms with Gasteiger partial charge >= 0.3 is 0 Å². The van der Waals surface area contributed by atoms with Gasteiger partial charge in [-0.2, -0.15) is 0 Å². The number of hydrogen-bond donors (Lipinski definition) is 2. The number of hydrazine groups is 1. The number of fused-ring (bicyclic) bond motifs is 1. The number of nitrogens with two attached hydrogens (primary N) is 1. The molecule has 0 aliphatic heterocycles. The van der Waals surface area contributed by atoms with Crippen LogP contribution >= 0.6 is 0 Å². The van der Waals surface area contributed by atoms with Crippen molar-refractivity contribution < 1.29 is 0 Å². The van der Waals surface area contributed by atoms with E-state index in [1.54, 1.807) is 0 Å². The van der Waals surface area contributed by atoms with E-state index in [1.807, 2.05) is 0 Å². The number of anilines is 1. The van der Waals surface area contributed by atoms with Crippen molar-refractivity contribution in [3.63, 3.8) is 0 Å². The molecular formula is C16H21N3. The molecule has 2 aromatic rings. The number of aryl methyl sites for hydroxylation is 2. The van der Waals surface area contributed by atoms with Gasteiger partial charge in [0.05, 0.1) is 11.2 Å². The first kappa shape index (κ1) is 12.4. The first-order valence-corrected chi connectivity index (χ1v) is 7.08. The Labute approximate surface area is 114 Å². The molecule has 3 nitrogen and oxygen atoms in total. The molecule has 1 aromatic carbocycles. The van der Waals surface area contributed by atoms with E-state index in [1.165, 1.54) is 42.5 Å². The maximum Gasteiger partial charge on any atom is 0.0758 e. The summed E-state index contributed by atoms with van der Waals surface area (Å²) in [7, 11) is 0. The molecule has 1 saturated carbocycles. The Kier molecular flexibility index (Phi) is 3.15. The van der Waals surface area contributed by atoms with Crippen molar-refractivity contribution in [2.75, 3.05) is 5.43 Å². The molecule has 3 N–H and O–H groups in total. The average Bonchev–Trinajstić information content (AvgIpc) is 2.96. The average molecular weight is 255 g/mol. The molecule has 0 bridgehead atoms. The van der Waals surface area contributed by atoms with Crippen molar-refractivity contribution in [3.05, 3.63) is 35.0 Å². The lowest BCUT2D eigenvalue weighted by molar-refractivity contribution is 0.701. The van der Waals surface area contributed by atoms with E-state index in [-0.39, 0.29) is 0 Å².